The highest BCUT2D eigenvalue weighted by Crippen LogP contribution is 2.19. The van der Waals surface area contributed by atoms with Gasteiger partial charge in [-0.1, -0.05) is 5.16 Å². The third-order valence-corrected chi connectivity index (χ3v) is 1.98. The van der Waals surface area contributed by atoms with Crippen LogP contribution in [0, 0.1) is 10.1 Å². The summed E-state index contributed by atoms with van der Waals surface area (Å²) < 4.78 is 4.83. The number of rotatable bonds is 3. The summed E-state index contributed by atoms with van der Waals surface area (Å²) in [5.41, 5.74) is 5.99. The number of nitro groups is 1. The second-order valence-corrected chi connectivity index (χ2v) is 3.02. The van der Waals surface area contributed by atoms with Crippen LogP contribution in [0.1, 0.15) is 5.89 Å². The third-order valence-electron chi connectivity index (χ3n) is 1.98. The third kappa shape index (κ3) is 1.89. The number of benzene rings is 1. The molecule has 7 heteroatoms. The van der Waals surface area contributed by atoms with Gasteiger partial charge >= 0.3 is 0 Å². The number of nitrogens with two attached hydrogens (primary N) is 1. The molecule has 82 valence electrons. The number of hydrogen-bond acceptors (Lipinski definition) is 6. The van der Waals surface area contributed by atoms with Gasteiger partial charge in [-0.25, -0.2) is 0 Å². The van der Waals surface area contributed by atoms with E-state index < -0.39 is 4.92 Å². The van der Waals surface area contributed by atoms with Crippen LogP contribution in [0.5, 0.6) is 0 Å². The van der Waals surface area contributed by atoms with E-state index in [-0.39, 0.29) is 12.2 Å². The lowest BCUT2D eigenvalue weighted by Gasteiger charge is -1.93. The predicted octanol–water partition coefficient (Wildman–Crippen LogP) is 1.10. The van der Waals surface area contributed by atoms with E-state index in [0.717, 1.165) is 0 Å². The first-order chi connectivity index (χ1) is 7.70. The van der Waals surface area contributed by atoms with Crippen molar-refractivity contribution in [1.82, 2.24) is 10.1 Å². The molecule has 0 aliphatic carbocycles. The van der Waals surface area contributed by atoms with E-state index in [0.29, 0.717) is 17.3 Å². The second kappa shape index (κ2) is 4.07. The van der Waals surface area contributed by atoms with Crippen LogP contribution in [0.3, 0.4) is 0 Å². The zero-order valence-electron chi connectivity index (χ0n) is 8.16. The molecule has 0 aliphatic heterocycles. The maximum Gasteiger partial charge on any atom is 0.269 e. The maximum absolute atomic E-state index is 10.4. The molecule has 16 heavy (non-hydrogen) atoms. The minimum Gasteiger partial charge on any atom is -0.338 e. The van der Waals surface area contributed by atoms with Crippen LogP contribution in [0.2, 0.25) is 0 Å². The van der Waals surface area contributed by atoms with Crippen molar-refractivity contribution >= 4 is 5.69 Å². The van der Waals surface area contributed by atoms with Crippen LogP contribution in [0.4, 0.5) is 5.69 Å². The van der Waals surface area contributed by atoms with Crippen molar-refractivity contribution in [2.45, 2.75) is 6.54 Å². The molecule has 0 saturated carbocycles. The van der Waals surface area contributed by atoms with Crippen LogP contribution in [0.15, 0.2) is 28.8 Å². The van der Waals surface area contributed by atoms with Gasteiger partial charge in [-0.05, 0) is 12.1 Å². The smallest absolute Gasteiger partial charge is 0.269 e. The van der Waals surface area contributed by atoms with Gasteiger partial charge in [-0.2, -0.15) is 4.98 Å². The van der Waals surface area contributed by atoms with Crippen LogP contribution < -0.4 is 5.73 Å². The molecule has 0 bridgehead atoms. The Labute approximate surface area is 90.0 Å². The van der Waals surface area contributed by atoms with Crippen molar-refractivity contribution in [3.63, 3.8) is 0 Å². The quantitative estimate of drug-likeness (QED) is 0.612. The van der Waals surface area contributed by atoms with Crippen molar-refractivity contribution in [1.29, 1.82) is 0 Å². The molecule has 0 aliphatic rings. The predicted molar refractivity (Wildman–Crippen MR) is 54.3 cm³/mol. The Morgan fingerprint density at radius 2 is 2.06 bits per heavy atom. The fourth-order valence-electron chi connectivity index (χ4n) is 1.19. The Hall–Kier alpha value is -2.28. The van der Waals surface area contributed by atoms with Crippen LogP contribution >= 0.6 is 0 Å². The SMILES string of the molecule is NCc1nc(-c2ccc([N+](=O)[O-])cc2)no1. The highest BCUT2D eigenvalue weighted by atomic mass is 16.6. The Balaban J connectivity index is 2.30. The fraction of sp³-hybridized carbons (Fsp3) is 0.111. The van der Waals surface area contributed by atoms with Gasteiger partial charge in [0, 0.05) is 17.7 Å². The summed E-state index contributed by atoms with van der Waals surface area (Å²) in [6.45, 7) is 0.167. The van der Waals surface area contributed by atoms with Gasteiger partial charge in [-0.15, -0.1) is 0 Å². The molecule has 0 spiro atoms. The van der Waals surface area contributed by atoms with Crippen LogP contribution in [-0.4, -0.2) is 15.1 Å². The van der Waals surface area contributed by atoms with Gasteiger partial charge in [0.15, 0.2) is 0 Å². The van der Waals surface area contributed by atoms with Crippen molar-refractivity contribution in [3.05, 3.63) is 40.3 Å². The normalized spacial score (nSPS) is 10.3. The monoisotopic (exact) mass is 220 g/mol. The standard InChI is InChI=1S/C9H8N4O3/c10-5-8-11-9(12-16-8)6-1-3-7(4-2-6)13(14)15/h1-4H,5,10H2. The van der Waals surface area contributed by atoms with E-state index in [1.54, 1.807) is 12.1 Å². The van der Waals surface area contributed by atoms with Gasteiger partial charge in [0.1, 0.15) is 0 Å². The van der Waals surface area contributed by atoms with Crippen LogP contribution in [-0.2, 0) is 6.54 Å². The molecule has 0 saturated heterocycles. The lowest BCUT2D eigenvalue weighted by Crippen LogP contribution is -1.95. The zero-order chi connectivity index (χ0) is 11.5. The minimum absolute atomic E-state index is 0.0197. The first-order valence-corrected chi connectivity index (χ1v) is 4.48. The number of nitrogens with zero attached hydrogens (tertiary/aromatic N) is 3. The summed E-state index contributed by atoms with van der Waals surface area (Å²) in [5.74, 6) is 0.698. The van der Waals surface area contributed by atoms with E-state index in [2.05, 4.69) is 10.1 Å². The van der Waals surface area contributed by atoms with Crippen molar-refractivity contribution in [2.24, 2.45) is 5.73 Å². The highest BCUT2D eigenvalue weighted by Gasteiger charge is 2.09. The lowest BCUT2D eigenvalue weighted by atomic mass is 10.2. The molecule has 2 N–H and O–H groups in total. The molecule has 1 heterocycles. The first kappa shape index (κ1) is 10.2. The summed E-state index contributed by atoms with van der Waals surface area (Å²) >= 11 is 0. The van der Waals surface area contributed by atoms with E-state index >= 15 is 0 Å². The topological polar surface area (TPSA) is 108 Å². The summed E-state index contributed by atoms with van der Waals surface area (Å²) in [7, 11) is 0. The molecular formula is C9H8N4O3. The molecule has 2 aromatic rings. The Bertz CT molecular complexity index is 506. The lowest BCUT2D eigenvalue weighted by molar-refractivity contribution is -0.384. The van der Waals surface area contributed by atoms with Crippen molar-refractivity contribution < 1.29 is 9.45 Å². The summed E-state index contributed by atoms with van der Waals surface area (Å²) in [6.07, 6.45) is 0. The van der Waals surface area contributed by atoms with E-state index in [1.807, 2.05) is 0 Å². The highest BCUT2D eigenvalue weighted by molar-refractivity contribution is 5.56. The molecule has 0 unspecified atom stereocenters. The van der Waals surface area contributed by atoms with Crippen molar-refractivity contribution in [3.8, 4) is 11.4 Å². The van der Waals surface area contributed by atoms with Crippen molar-refractivity contribution in [2.75, 3.05) is 0 Å². The largest absolute Gasteiger partial charge is 0.338 e. The van der Waals surface area contributed by atoms with Gasteiger partial charge in [0.05, 0.1) is 11.5 Å². The van der Waals surface area contributed by atoms with E-state index in [1.165, 1.54) is 12.1 Å². The number of hydrogen-bond donors (Lipinski definition) is 1. The second-order valence-electron chi connectivity index (χ2n) is 3.02. The van der Waals surface area contributed by atoms with Gasteiger partial charge in [0.25, 0.3) is 5.69 Å². The number of non-ortho nitro benzene ring substituents is 1. The average molecular weight is 220 g/mol. The molecule has 7 nitrogen and oxygen atoms in total. The molecule has 0 fully saturated rings. The summed E-state index contributed by atoms with van der Waals surface area (Å²) in [4.78, 5) is 14.0. The Morgan fingerprint density at radius 1 is 1.38 bits per heavy atom. The molecule has 2 rings (SSSR count). The molecule has 0 radical (unpaired) electrons. The maximum atomic E-state index is 10.4. The zero-order valence-corrected chi connectivity index (χ0v) is 8.16. The van der Waals surface area contributed by atoms with Gasteiger partial charge in [0.2, 0.25) is 11.7 Å². The molecular weight excluding hydrogens is 212 g/mol. The summed E-state index contributed by atoms with van der Waals surface area (Å²) in [6, 6.07) is 5.88. The number of nitro benzene ring substituents is 1. The molecule has 0 atom stereocenters. The Morgan fingerprint density at radius 3 is 2.56 bits per heavy atom. The Kier molecular flexibility index (Phi) is 2.61. The first-order valence-electron chi connectivity index (χ1n) is 4.48. The van der Waals surface area contributed by atoms with E-state index in [9.17, 15) is 10.1 Å². The fourth-order valence-corrected chi connectivity index (χ4v) is 1.19. The molecule has 0 amide bonds. The average Bonchev–Trinajstić information content (AvgIpc) is 2.77. The van der Waals surface area contributed by atoms with Gasteiger partial charge < -0.3 is 10.3 Å². The van der Waals surface area contributed by atoms with Crippen LogP contribution in [0.25, 0.3) is 11.4 Å². The minimum atomic E-state index is -0.467. The number of aromatic nitrogens is 2. The molecule has 1 aromatic carbocycles. The molecule has 1 aromatic heterocycles. The van der Waals surface area contributed by atoms with Gasteiger partial charge in [-0.3, -0.25) is 10.1 Å². The van der Waals surface area contributed by atoms with E-state index in [4.69, 9.17) is 10.3 Å². The summed E-state index contributed by atoms with van der Waals surface area (Å²) in [5, 5.41) is 14.1.